The Balaban J connectivity index is 1.42. The number of rotatable bonds is 9. The first-order valence-corrected chi connectivity index (χ1v) is 13.1. The minimum Gasteiger partial charge on any atom is -0.443 e. The highest BCUT2D eigenvalue weighted by molar-refractivity contribution is 6.19. The predicted octanol–water partition coefficient (Wildman–Crippen LogP) is 5.81. The van der Waals surface area contributed by atoms with Crippen molar-refractivity contribution in [2.45, 2.75) is 58.0 Å². The molecule has 1 atom stereocenters. The summed E-state index contributed by atoms with van der Waals surface area (Å²) in [7, 11) is 0. The average molecular weight is 512 g/mol. The Bertz CT molecular complexity index is 1170. The van der Waals surface area contributed by atoms with Crippen molar-refractivity contribution in [2.75, 3.05) is 35.7 Å². The van der Waals surface area contributed by atoms with Crippen molar-refractivity contribution in [1.29, 1.82) is 0 Å². The molecule has 2 aliphatic heterocycles. The fraction of sp³-hybridized carbons (Fsp3) is 0.464. The van der Waals surface area contributed by atoms with Gasteiger partial charge in [-0.25, -0.2) is 4.79 Å². The van der Waals surface area contributed by atoms with Crippen molar-refractivity contribution in [3.63, 3.8) is 0 Å². The molecule has 0 bridgehead atoms. The van der Waals surface area contributed by atoms with E-state index in [0.717, 1.165) is 59.9 Å². The third-order valence-electron chi connectivity index (χ3n) is 6.49. The zero-order valence-electron chi connectivity index (χ0n) is 21.2. The summed E-state index contributed by atoms with van der Waals surface area (Å²) < 4.78 is 5.68. The Labute approximate surface area is 217 Å². The summed E-state index contributed by atoms with van der Waals surface area (Å²) in [6.07, 6.45) is 5.96. The van der Waals surface area contributed by atoms with E-state index in [1.165, 1.54) is 17.1 Å². The van der Waals surface area contributed by atoms with Gasteiger partial charge in [0.1, 0.15) is 5.60 Å². The molecule has 192 valence electrons. The number of nitrogens with zero attached hydrogens (tertiary/aromatic N) is 2. The number of carbonyl (C=O) groups excluding carboxylic acids is 3. The van der Waals surface area contributed by atoms with Gasteiger partial charge in [0.05, 0.1) is 5.69 Å². The van der Waals surface area contributed by atoms with Gasteiger partial charge in [0.15, 0.2) is 0 Å². The zero-order chi connectivity index (χ0) is 25.9. The van der Waals surface area contributed by atoms with Crippen molar-refractivity contribution in [3.05, 3.63) is 48.0 Å². The lowest BCUT2D eigenvalue weighted by atomic mass is 9.95. The molecule has 7 nitrogen and oxygen atoms in total. The van der Waals surface area contributed by atoms with Crippen LogP contribution in [0.1, 0.15) is 57.9 Å². The van der Waals surface area contributed by atoms with Gasteiger partial charge in [-0.05, 0) is 50.6 Å². The van der Waals surface area contributed by atoms with Gasteiger partial charge < -0.3 is 10.1 Å². The lowest BCUT2D eigenvalue weighted by molar-refractivity contribution is -0.136. The SMILES string of the molecule is CC(C)(C)OC(=O)N1C[C@H](CCl)c2c1cc(NCCCCCCN1C(=O)C=CC1=O)c1ccccc21. The summed E-state index contributed by atoms with van der Waals surface area (Å²) in [6, 6.07) is 10.3. The minimum absolute atomic E-state index is 0.0395. The van der Waals surface area contributed by atoms with Gasteiger partial charge in [0.2, 0.25) is 0 Å². The van der Waals surface area contributed by atoms with Crippen LogP contribution in [0.3, 0.4) is 0 Å². The number of halogens is 1. The molecule has 4 rings (SSSR count). The van der Waals surface area contributed by atoms with E-state index in [4.69, 9.17) is 16.3 Å². The molecule has 0 saturated carbocycles. The largest absolute Gasteiger partial charge is 0.443 e. The quantitative estimate of drug-likeness (QED) is 0.261. The number of imide groups is 1. The van der Waals surface area contributed by atoms with Crippen molar-refractivity contribution in [2.24, 2.45) is 0 Å². The van der Waals surface area contributed by atoms with Crippen LogP contribution in [-0.2, 0) is 14.3 Å². The van der Waals surface area contributed by atoms with E-state index in [1.807, 2.05) is 39.0 Å². The van der Waals surface area contributed by atoms with Gasteiger partial charge in [-0.2, -0.15) is 0 Å². The Hall–Kier alpha value is -3.06. The molecular weight excluding hydrogens is 478 g/mol. The summed E-state index contributed by atoms with van der Waals surface area (Å²) in [5.41, 5.74) is 2.34. The number of alkyl halides is 1. The molecule has 0 unspecified atom stereocenters. The maximum absolute atomic E-state index is 13.0. The number of benzene rings is 2. The van der Waals surface area contributed by atoms with Gasteiger partial charge in [-0.15, -0.1) is 11.6 Å². The van der Waals surface area contributed by atoms with Gasteiger partial charge in [-0.1, -0.05) is 37.1 Å². The summed E-state index contributed by atoms with van der Waals surface area (Å²) in [5.74, 6) is 0.0231. The van der Waals surface area contributed by atoms with Crippen LogP contribution in [0.5, 0.6) is 0 Å². The topological polar surface area (TPSA) is 79.0 Å². The number of anilines is 2. The van der Waals surface area contributed by atoms with E-state index in [1.54, 1.807) is 4.90 Å². The number of ether oxygens (including phenoxy) is 1. The second-order valence-electron chi connectivity index (χ2n) is 10.3. The molecule has 0 saturated heterocycles. The third-order valence-corrected chi connectivity index (χ3v) is 6.86. The first kappa shape index (κ1) is 26.0. The molecule has 2 aromatic carbocycles. The molecule has 2 aromatic rings. The summed E-state index contributed by atoms with van der Waals surface area (Å²) in [5, 5.41) is 5.77. The van der Waals surface area contributed by atoms with Crippen molar-refractivity contribution in [3.8, 4) is 0 Å². The minimum atomic E-state index is -0.583. The Morgan fingerprint density at radius 1 is 1.06 bits per heavy atom. The number of hydrogen-bond acceptors (Lipinski definition) is 5. The highest BCUT2D eigenvalue weighted by Crippen LogP contribution is 2.45. The molecule has 2 aliphatic rings. The lowest BCUT2D eigenvalue weighted by Crippen LogP contribution is -2.36. The number of unbranched alkanes of at least 4 members (excludes halogenated alkanes) is 3. The van der Waals surface area contributed by atoms with E-state index in [9.17, 15) is 14.4 Å². The summed E-state index contributed by atoms with van der Waals surface area (Å²) in [6.45, 7) is 7.34. The monoisotopic (exact) mass is 511 g/mol. The van der Waals surface area contributed by atoms with Crippen LogP contribution in [-0.4, -0.2) is 53.9 Å². The van der Waals surface area contributed by atoms with Crippen LogP contribution in [0, 0.1) is 0 Å². The van der Waals surface area contributed by atoms with Crippen molar-refractivity contribution >= 4 is 51.7 Å². The van der Waals surface area contributed by atoms with Crippen LogP contribution < -0.4 is 10.2 Å². The van der Waals surface area contributed by atoms with E-state index < -0.39 is 5.60 Å². The number of carbonyl (C=O) groups is 3. The van der Waals surface area contributed by atoms with Gasteiger partial charge in [-0.3, -0.25) is 19.4 Å². The van der Waals surface area contributed by atoms with Crippen LogP contribution >= 0.6 is 11.6 Å². The fourth-order valence-corrected chi connectivity index (χ4v) is 5.08. The van der Waals surface area contributed by atoms with Gasteiger partial charge in [0, 0.05) is 54.7 Å². The van der Waals surface area contributed by atoms with Crippen molar-refractivity contribution in [1.82, 2.24) is 4.90 Å². The molecule has 0 radical (unpaired) electrons. The number of fused-ring (bicyclic) bond motifs is 3. The number of amides is 3. The summed E-state index contributed by atoms with van der Waals surface area (Å²) >= 11 is 6.34. The normalized spacial score (nSPS) is 17.3. The first-order valence-electron chi connectivity index (χ1n) is 12.6. The predicted molar refractivity (Wildman–Crippen MR) is 144 cm³/mol. The molecule has 1 N–H and O–H groups in total. The summed E-state index contributed by atoms with van der Waals surface area (Å²) in [4.78, 5) is 39.3. The number of nitrogens with one attached hydrogen (secondary N) is 1. The van der Waals surface area contributed by atoms with E-state index in [2.05, 4.69) is 17.4 Å². The van der Waals surface area contributed by atoms with Crippen LogP contribution in [0.4, 0.5) is 16.2 Å². The first-order chi connectivity index (χ1) is 17.2. The molecule has 2 heterocycles. The smallest absolute Gasteiger partial charge is 0.414 e. The third kappa shape index (κ3) is 5.67. The van der Waals surface area contributed by atoms with Crippen LogP contribution in [0.2, 0.25) is 0 Å². The Kier molecular flexibility index (Phi) is 7.88. The highest BCUT2D eigenvalue weighted by atomic mass is 35.5. The average Bonchev–Trinajstić information content (AvgIpc) is 3.37. The zero-order valence-corrected chi connectivity index (χ0v) is 21.9. The highest BCUT2D eigenvalue weighted by Gasteiger charge is 2.36. The second kappa shape index (κ2) is 10.9. The molecule has 0 aliphatic carbocycles. The molecule has 0 spiro atoms. The Morgan fingerprint density at radius 3 is 2.39 bits per heavy atom. The molecule has 8 heteroatoms. The van der Waals surface area contributed by atoms with Crippen LogP contribution in [0.15, 0.2) is 42.5 Å². The molecule has 0 fully saturated rings. The van der Waals surface area contributed by atoms with E-state index in [-0.39, 0.29) is 23.8 Å². The maximum Gasteiger partial charge on any atom is 0.414 e. The molecule has 36 heavy (non-hydrogen) atoms. The van der Waals surface area contributed by atoms with E-state index in [0.29, 0.717) is 19.0 Å². The second-order valence-corrected chi connectivity index (χ2v) is 10.7. The lowest BCUT2D eigenvalue weighted by Gasteiger charge is -2.25. The maximum atomic E-state index is 13.0. The molecule has 0 aromatic heterocycles. The molecule has 3 amide bonds. The van der Waals surface area contributed by atoms with Gasteiger partial charge >= 0.3 is 6.09 Å². The van der Waals surface area contributed by atoms with Gasteiger partial charge in [0.25, 0.3) is 11.8 Å². The van der Waals surface area contributed by atoms with E-state index >= 15 is 0 Å². The van der Waals surface area contributed by atoms with Crippen molar-refractivity contribution < 1.29 is 19.1 Å². The fourth-order valence-electron chi connectivity index (χ4n) is 4.83. The standard InChI is InChI=1S/C28H34ClN3O4/c1-28(2,3)36-27(35)32-18-19(17-29)26-21-11-7-6-10-20(21)22(16-23(26)32)30-14-8-4-5-9-15-31-24(33)12-13-25(31)34/h6-7,10-13,16,19,30H,4-5,8-9,14-15,17-18H2,1-3H3/t19-/m0/s1. The molecular formula is C28H34ClN3O4. The Morgan fingerprint density at radius 2 is 1.72 bits per heavy atom. The van der Waals surface area contributed by atoms with Crippen LogP contribution in [0.25, 0.3) is 10.8 Å². The number of hydrogen-bond donors (Lipinski definition) is 1.